The molecule has 1 atom stereocenters. The van der Waals surface area contributed by atoms with Crippen molar-refractivity contribution in [3.05, 3.63) is 58.3 Å². The Hall–Kier alpha value is -2.96. The molecule has 1 aliphatic carbocycles. The number of carbonyl (C=O) groups excluding carboxylic acids is 1. The first-order valence-electron chi connectivity index (χ1n) is 7.81. The molecule has 3 rings (SSSR count). The number of aromatic nitrogens is 1. The van der Waals surface area contributed by atoms with E-state index in [1.807, 2.05) is 31.2 Å². The lowest BCUT2D eigenvalue weighted by atomic mass is 10.1. The summed E-state index contributed by atoms with van der Waals surface area (Å²) in [6.07, 6.45) is 3.44. The Kier molecular flexibility index (Phi) is 4.41. The van der Waals surface area contributed by atoms with E-state index in [0.717, 1.165) is 24.1 Å². The molecule has 1 fully saturated rings. The van der Waals surface area contributed by atoms with Crippen molar-refractivity contribution in [1.29, 1.82) is 0 Å². The summed E-state index contributed by atoms with van der Waals surface area (Å²) < 4.78 is 0. The molecule has 0 unspecified atom stereocenters. The minimum absolute atomic E-state index is 0.0577. The molecule has 1 heterocycles. The van der Waals surface area contributed by atoms with E-state index in [9.17, 15) is 14.9 Å². The maximum absolute atomic E-state index is 11.7. The predicted molar refractivity (Wildman–Crippen MR) is 90.7 cm³/mol. The predicted octanol–water partition coefficient (Wildman–Crippen LogP) is 3.51. The molecule has 0 radical (unpaired) electrons. The molecule has 24 heavy (non-hydrogen) atoms. The highest BCUT2D eigenvalue weighted by Crippen LogP contribution is 2.30. The van der Waals surface area contributed by atoms with Crippen LogP contribution in [0.15, 0.2) is 42.6 Å². The summed E-state index contributed by atoms with van der Waals surface area (Å²) >= 11 is 0. The van der Waals surface area contributed by atoms with Gasteiger partial charge in [-0.3, -0.25) is 14.9 Å². The molecule has 1 aromatic carbocycles. The van der Waals surface area contributed by atoms with E-state index in [0.29, 0.717) is 0 Å². The van der Waals surface area contributed by atoms with Crippen molar-refractivity contribution in [3.8, 4) is 0 Å². The standard InChI is InChI=1S/C17H18N4O3/c1-11(19-16-15(21(23)24)3-2-10-18-16)12-6-8-14(9-7-12)20-17(22)13-4-5-13/h2-3,6-11,13H,4-5H2,1H3,(H,18,19)(H,20,22)/t11-/m1/s1. The van der Waals surface area contributed by atoms with Crippen LogP contribution in [0.4, 0.5) is 17.2 Å². The van der Waals surface area contributed by atoms with Gasteiger partial charge >= 0.3 is 5.69 Å². The van der Waals surface area contributed by atoms with Gasteiger partial charge in [-0.2, -0.15) is 0 Å². The monoisotopic (exact) mass is 326 g/mol. The number of hydrogen-bond donors (Lipinski definition) is 2. The smallest absolute Gasteiger partial charge is 0.311 e. The first kappa shape index (κ1) is 15.9. The Labute approximate surface area is 139 Å². The highest BCUT2D eigenvalue weighted by molar-refractivity contribution is 5.94. The van der Waals surface area contributed by atoms with E-state index >= 15 is 0 Å². The number of nitrogens with one attached hydrogen (secondary N) is 2. The van der Waals surface area contributed by atoms with Crippen LogP contribution in [0.1, 0.15) is 31.4 Å². The summed E-state index contributed by atoms with van der Waals surface area (Å²) in [4.78, 5) is 26.4. The molecule has 2 N–H and O–H groups in total. The van der Waals surface area contributed by atoms with Crippen LogP contribution in [0.25, 0.3) is 0 Å². The van der Waals surface area contributed by atoms with Gasteiger partial charge in [0.05, 0.1) is 11.0 Å². The number of nitrogens with zero attached hydrogens (tertiary/aromatic N) is 2. The van der Waals surface area contributed by atoms with Gasteiger partial charge in [-0.25, -0.2) is 4.98 Å². The van der Waals surface area contributed by atoms with Gasteiger partial charge in [-0.1, -0.05) is 12.1 Å². The van der Waals surface area contributed by atoms with E-state index in [1.54, 1.807) is 0 Å². The Morgan fingerprint density at radius 3 is 2.62 bits per heavy atom. The number of benzene rings is 1. The minimum atomic E-state index is -0.460. The molecule has 1 aromatic heterocycles. The average molecular weight is 326 g/mol. The first-order valence-corrected chi connectivity index (χ1v) is 7.81. The second kappa shape index (κ2) is 6.66. The summed E-state index contributed by atoms with van der Waals surface area (Å²) in [5.41, 5.74) is 1.64. The molecule has 1 amide bonds. The fourth-order valence-electron chi connectivity index (χ4n) is 2.39. The van der Waals surface area contributed by atoms with Crippen molar-refractivity contribution >= 4 is 23.1 Å². The van der Waals surface area contributed by atoms with Gasteiger partial charge in [0.25, 0.3) is 0 Å². The minimum Gasteiger partial charge on any atom is -0.358 e. The van der Waals surface area contributed by atoms with Crippen molar-refractivity contribution in [2.24, 2.45) is 5.92 Å². The molecule has 0 spiro atoms. The van der Waals surface area contributed by atoms with E-state index < -0.39 is 4.92 Å². The van der Waals surface area contributed by atoms with E-state index in [4.69, 9.17) is 0 Å². The summed E-state index contributed by atoms with van der Waals surface area (Å²) in [6.45, 7) is 1.90. The Bertz CT molecular complexity index is 757. The van der Waals surface area contributed by atoms with E-state index in [2.05, 4.69) is 15.6 Å². The molecular formula is C17H18N4O3. The van der Waals surface area contributed by atoms with Crippen LogP contribution >= 0.6 is 0 Å². The van der Waals surface area contributed by atoms with Gasteiger partial charge in [0, 0.05) is 23.9 Å². The summed E-state index contributed by atoms with van der Waals surface area (Å²) in [5, 5.41) is 17.0. The molecule has 1 saturated carbocycles. The number of pyridine rings is 1. The van der Waals surface area contributed by atoms with Crippen molar-refractivity contribution in [2.45, 2.75) is 25.8 Å². The van der Waals surface area contributed by atoms with Gasteiger partial charge < -0.3 is 10.6 Å². The van der Waals surface area contributed by atoms with Crippen molar-refractivity contribution in [2.75, 3.05) is 10.6 Å². The number of nitro groups is 1. The van der Waals surface area contributed by atoms with Crippen molar-refractivity contribution < 1.29 is 9.72 Å². The lowest BCUT2D eigenvalue weighted by Crippen LogP contribution is -2.13. The highest BCUT2D eigenvalue weighted by Gasteiger charge is 2.29. The third-order valence-electron chi connectivity index (χ3n) is 3.96. The quantitative estimate of drug-likeness (QED) is 0.625. The largest absolute Gasteiger partial charge is 0.358 e. The van der Waals surface area contributed by atoms with Crippen LogP contribution in [0.3, 0.4) is 0 Å². The molecule has 124 valence electrons. The maximum Gasteiger partial charge on any atom is 0.311 e. The molecule has 0 aliphatic heterocycles. The lowest BCUT2D eigenvalue weighted by Gasteiger charge is -2.15. The average Bonchev–Trinajstić information content (AvgIpc) is 3.40. The molecule has 1 aliphatic rings. The molecule has 2 aromatic rings. The Morgan fingerprint density at radius 2 is 2.00 bits per heavy atom. The van der Waals surface area contributed by atoms with Crippen LogP contribution in [-0.2, 0) is 4.79 Å². The van der Waals surface area contributed by atoms with Crippen molar-refractivity contribution in [1.82, 2.24) is 4.98 Å². The number of hydrogen-bond acceptors (Lipinski definition) is 5. The Balaban J connectivity index is 1.68. The molecular weight excluding hydrogens is 308 g/mol. The first-order chi connectivity index (χ1) is 11.5. The van der Waals surface area contributed by atoms with Crippen molar-refractivity contribution in [3.63, 3.8) is 0 Å². The van der Waals surface area contributed by atoms with Gasteiger partial charge in [-0.15, -0.1) is 0 Å². The van der Waals surface area contributed by atoms with Gasteiger partial charge in [0.2, 0.25) is 11.7 Å². The second-order valence-corrected chi connectivity index (χ2v) is 5.88. The van der Waals surface area contributed by atoms with E-state index in [1.165, 1.54) is 18.3 Å². The van der Waals surface area contributed by atoms with Crippen LogP contribution in [0, 0.1) is 16.0 Å². The van der Waals surface area contributed by atoms with Gasteiger partial charge in [0.15, 0.2) is 0 Å². The van der Waals surface area contributed by atoms with Gasteiger partial charge in [0.1, 0.15) is 0 Å². The SMILES string of the molecule is C[C@@H](Nc1ncccc1[N+](=O)[O-])c1ccc(NC(=O)C2CC2)cc1. The van der Waals surface area contributed by atoms with Crippen LogP contribution in [0.2, 0.25) is 0 Å². The summed E-state index contributed by atoms with van der Waals surface area (Å²) in [6, 6.07) is 10.2. The maximum atomic E-state index is 11.7. The summed E-state index contributed by atoms with van der Waals surface area (Å²) in [5.74, 6) is 0.467. The molecule has 0 saturated heterocycles. The molecule has 7 nitrogen and oxygen atoms in total. The molecule has 7 heteroatoms. The summed E-state index contributed by atoms with van der Waals surface area (Å²) in [7, 11) is 0. The van der Waals surface area contributed by atoms with Crippen LogP contribution < -0.4 is 10.6 Å². The van der Waals surface area contributed by atoms with Crippen LogP contribution in [0.5, 0.6) is 0 Å². The van der Waals surface area contributed by atoms with E-state index in [-0.39, 0.29) is 29.4 Å². The third-order valence-corrected chi connectivity index (χ3v) is 3.96. The van der Waals surface area contributed by atoms with Crippen LogP contribution in [-0.4, -0.2) is 15.8 Å². The lowest BCUT2D eigenvalue weighted by molar-refractivity contribution is -0.384. The normalized spacial score (nSPS) is 14.7. The fraction of sp³-hybridized carbons (Fsp3) is 0.294. The number of anilines is 2. The third kappa shape index (κ3) is 3.68. The zero-order chi connectivity index (χ0) is 17.1. The number of rotatable bonds is 6. The number of amides is 1. The number of carbonyl (C=O) groups is 1. The second-order valence-electron chi connectivity index (χ2n) is 5.88. The molecule has 0 bridgehead atoms. The highest BCUT2D eigenvalue weighted by atomic mass is 16.6. The topological polar surface area (TPSA) is 97.2 Å². The zero-order valence-corrected chi connectivity index (χ0v) is 13.2. The van der Waals surface area contributed by atoms with Gasteiger partial charge in [-0.05, 0) is 43.5 Å². The zero-order valence-electron chi connectivity index (χ0n) is 13.2. The fourth-order valence-corrected chi connectivity index (χ4v) is 2.39. The Morgan fingerprint density at radius 1 is 1.29 bits per heavy atom.